The molecule has 6 nitrogen and oxygen atoms in total. The fourth-order valence-corrected chi connectivity index (χ4v) is 9.17. The maximum Gasteiger partial charge on any atom is 0.240 e. The van der Waals surface area contributed by atoms with Crippen LogP contribution >= 0.6 is 0 Å². The van der Waals surface area contributed by atoms with E-state index in [-0.39, 0.29) is 0 Å². The summed E-state index contributed by atoms with van der Waals surface area (Å²) in [6.07, 6.45) is 0. The molecule has 0 amide bonds. The van der Waals surface area contributed by atoms with Crippen molar-refractivity contribution in [3.63, 3.8) is 0 Å². The third-order valence-electron chi connectivity index (χ3n) is 11.2. The summed E-state index contributed by atoms with van der Waals surface area (Å²) in [5.74, 6) is 1.36. The predicted molar refractivity (Wildman–Crippen MR) is 213 cm³/mol. The van der Waals surface area contributed by atoms with E-state index in [1.165, 1.54) is 48.9 Å². The topological polar surface area (TPSA) is 53.2 Å². The van der Waals surface area contributed by atoms with E-state index in [4.69, 9.17) is 14.4 Å². The van der Waals surface area contributed by atoms with Crippen LogP contribution in [0.1, 0.15) is 0 Å². The molecule has 13 aromatic rings. The molecule has 0 saturated heterocycles. The van der Waals surface area contributed by atoms with Crippen LogP contribution in [-0.4, -0.2) is 23.5 Å². The average molecular weight is 664 g/mol. The lowest BCUT2D eigenvalue weighted by Crippen LogP contribution is -2.06. The number of fused-ring (bicyclic) bond motifs is 16. The minimum Gasteiger partial charge on any atom is -0.437 e. The quantitative estimate of drug-likeness (QED) is 0.185. The Morgan fingerprint density at radius 3 is 1.54 bits per heavy atom. The third kappa shape index (κ3) is 3.12. The maximum absolute atomic E-state index is 6.63. The molecule has 0 saturated carbocycles. The van der Waals surface area contributed by atoms with E-state index in [1.54, 1.807) is 0 Å². The number of furan rings is 1. The molecule has 0 aliphatic heterocycles. The fourth-order valence-electron chi connectivity index (χ4n) is 9.17. The number of para-hydroxylation sites is 6. The van der Waals surface area contributed by atoms with Crippen molar-refractivity contribution in [1.29, 1.82) is 0 Å². The highest BCUT2D eigenvalue weighted by atomic mass is 16.3. The number of benzene rings is 7. The Labute approximate surface area is 294 Å². The summed E-state index contributed by atoms with van der Waals surface area (Å²) in [5, 5.41) is 11.5. The van der Waals surface area contributed by atoms with Crippen molar-refractivity contribution < 1.29 is 4.42 Å². The number of hydrogen-bond donors (Lipinski definition) is 0. The predicted octanol–water partition coefficient (Wildman–Crippen LogP) is 11.7. The minimum atomic E-state index is 0.556. The lowest BCUT2D eigenvalue weighted by atomic mass is 10.0. The second kappa shape index (κ2) is 9.33. The number of aromatic nitrogens is 5. The number of nitrogens with zero attached hydrogens (tertiary/aromatic N) is 5. The minimum absolute atomic E-state index is 0.556. The first kappa shape index (κ1) is 26.7. The Hall–Kier alpha value is -7.18. The summed E-state index contributed by atoms with van der Waals surface area (Å²) in [4.78, 5) is 10.8. The fraction of sp³-hybridized carbons (Fsp3) is 0. The molecule has 0 aliphatic carbocycles. The van der Waals surface area contributed by atoms with Crippen LogP contribution in [0.2, 0.25) is 0 Å². The van der Waals surface area contributed by atoms with Gasteiger partial charge in [0.15, 0.2) is 5.82 Å². The van der Waals surface area contributed by atoms with Gasteiger partial charge in [-0.25, -0.2) is 0 Å². The monoisotopic (exact) mass is 663 g/mol. The smallest absolute Gasteiger partial charge is 0.240 e. The first-order valence-corrected chi connectivity index (χ1v) is 17.6. The molecule has 52 heavy (non-hydrogen) atoms. The van der Waals surface area contributed by atoms with E-state index in [2.05, 4.69) is 153 Å². The second-order valence-electron chi connectivity index (χ2n) is 13.8. The molecule has 13 rings (SSSR count). The summed E-state index contributed by atoms with van der Waals surface area (Å²) >= 11 is 0. The zero-order valence-corrected chi connectivity index (χ0v) is 27.6. The summed E-state index contributed by atoms with van der Waals surface area (Å²) in [6.45, 7) is 0. The molecule has 0 radical (unpaired) electrons. The molecule has 6 heterocycles. The Bertz CT molecular complexity index is 3600. The highest BCUT2D eigenvalue weighted by molar-refractivity contribution is 6.34. The van der Waals surface area contributed by atoms with Gasteiger partial charge in [-0.2, -0.15) is 9.97 Å². The van der Waals surface area contributed by atoms with Crippen LogP contribution in [0.5, 0.6) is 0 Å². The molecule has 0 spiro atoms. The number of hydrogen-bond acceptors (Lipinski definition) is 3. The van der Waals surface area contributed by atoms with Crippen LogP contribution in [0, 0.1) is 0 Å². The third-order valence-corrected chi connectivity index (χ3v) is 11.2. The largest absolute Gasteiger partial charge is 0.437 e. The van der Waals surface area contributed by atoms with Gasteiger partial charge in [-0.3, -0.25) is 9.13 Å². The van der Waals surface area contributed by atoms with E-state index < -0.39 is 0 Å². The summed E-state index contributed by atoms with van der Waals surface area (Å²) in [5.41, 5.74) is 9.28. The Morgan fingerprint density at radius 2 is 0.865 bits per heavy atom. The Morgan fingerprint density at radius 1 is 0.385 bits per heavy atom. The molecule has 7 aromatic carbocycles. The van der Waals surface area contributed by atoms with Gasteiger partial charge in [0.25, 0.3) is 0 Å². The van der Waals surface area contributed by atoms with Crippen molar-refractivity contribution in [3.05, 3.63) is 152 Å². The van der Waals surface area contributed by atoms with Gasteiger partial charge in [0.05, 0.1) is 44.0 Å². The van der Waals surface area contributed by atoms with Gasteiger partial charge in [0, 0.05) is 48.5 Å². The van der Waals surface area contributed by atoms with E-state index in [0.29, 0.717) is 11.7 Å². The van der Waals surface area contributed by atoms with E-state index in [0.717, 1.165) is 55.0 Å². The van der Waals surface area contributed by atoms with Crippen LogP contribution in [-0.2, 0) is 0 Å². The molecule has 240 valence electrons. The van der Waals surface area contributed by atoms with Crippen LogP contribution in [0.3, 0.4) is 0 Å². The van der Waals surface area contributed by atoms with Crippen LogP contribution in [0.15, 0.2) is 156 Å². The maximum atomic E-state index is 6.63. The first-order chi connectivity index (χ1) is 25.8. The molecule has 0 aliphatic rings. The van der Waals surface area contributed by atoms with Gasteiger partial charge in [-0.05, 0) is 42.5 Å². The molecule has 0 fully saturated rings. The van der Waals surface area contributed by atoms with Gasteiger partial charge >= 0.3 is 0 Å². The molecule has 0 bridgehead atoms. The van der Waals surface area contributed by atoms with E-state index in [1.807, 2.05) is 12.1 Å². The highest BCUT2D eigenvalue weighted by Crippen LogP contribution is 2.47. The van der Waals surface area contributed by atoms with Gasteiger partial charge in [0.2, 0.25) is 11.7 Å². The standard InChI is InChI=1S/C46H25N5O/c1-8-20-35-26(13-1)27-14-2-9-21-36(27)50(35)46-47-44(41-31-18-6-12-24-39(31)52-45(41)48-46)51-37-22-10-4-16-29(37)33-25-32-28-15-3-7-19-34(28)49-38-23-11-5-17-30(38)40(42(32)49)43(33)51/h1-25H. The molecule has 6 aromatic heterocycles. The van der Waals surface area contributed by atoms with Crippen molar-refractivity contribution in [2.75, 3.05) is 0 Å². The SMILES string of the molecule is c1ccc2c(c1)oc1nc(-n3c4ccccc4c4ccccc43)nc(-n3c4ccccc4c4cc5c6ccccc6n6c7ccccc7c(c43)c56)c12. The molecule has 0 atom stereocenters. The van der Waals surface area contributed by atoms with Crippen molar-refractivity contribution in [2.45, 2.75) is 0 Å². The van der Waals surface area contributed by atoms with Gasteiger partial charge < -0.3 is 8.82 Å². The van der Waals surface area contributed by atoms with Crippen molar-refractivity contribution in [1.82, 2.24) is 23.5 Å². The second-order valence-corrected chi connectivity index (χ2v) is 13.8. The zero-order valence-electron chi connectivity index (χ0n) is 27.6. The average Bonchev–Trinajstić information content (AvgIpc) is 3.99. The molecule has 6 heteroatoms. The zero-order chi connectivity index (χ0) is 33.7. The van der Waals surface area contributed by atoms with Crippen LogP contribution < -0.4 is 0 Å². The Kier molecular flexibility index (Phi) is 4.78. The lowest BCUT2D eigenvalue weighted by molar-refractivity contribution is 0.650. The highest BCUT2D eigenvalue weighted by Gasteiger charge is 2.27. The van der Waals surface area contributed by atoms with Gasteiger partial charge in [0.1, 0.15) is 5.58 Å². The lowest BCUT2D eigenvalue weighted by Gasteiger charge is -2.13. The molecule has 0 unspecified atom stereocenters. The van der Waals surface area contributed by atoms with E-state index in [9.17, 15) is 0 Å². The van der Waals surface area contributed by atoms with E-state index >= 15 is 0 Å². The van der Waals surface area contributed by atoms with Crippen molar-refractivity contribution >= 4 is 104 Å². The normalized spacial score (nSPS) is 12.6. The van der Waals surface area contributed by atoms with Gasteiger partial charge in [-0.15, -0.1) is 0 Å². The van der Waals surface area contributed by atoms with Crippen LogP contribution in [0.4, 0.5) is 0 Å². The Balaban J connectivity index is 1.29. The van der Waals surface area contributed by atoms with Crippen molar-refractivity contribution in [3.8, 4) is 11.8 Å². The summed E-state index contributed by atoms with van der Waals surface area (Å²) < 4.78 is 13.6. The van der Waals surface area contributed by atoms with Crippen molar-refractivity contribution in [2.24, 2.45) is 0 Å². The first-order valence-electron chi connectivity index (χ1n) is 17.6. The summed E-state index contributed by atoms with van der Waals surface area (Å²) in [7, 11) is 0. The van der Waals surface area contributed by atoms with Gasteiger partial charge in [-0.1, -0.05) is 109 Å². The molecular formula is C46H25N5O. The summed E-state index contributed by atoms with van der Waals surface area (Å²) in [6, 6.07) is 53.9. The molecular weight excluding hydrogens is 639 g/mol. The van der Waals surface area contributed by atoms with Crippen LogP contribution in [0.25, 0.3) is 116 Å². The molecule has 0 N–H and O–H groups in total. The number of rotatable bonds is 2.